The summed E-state index contributed by atoms with van der Waals surface area (Å²) >= 11 is 0. The molecule has 0 spiro atoms. The van der Waals surface area contributed by atoms with E-state index in [9.17, 15) is 0 Å². The zero-order chi connectivity index (χ0) is 15.4. The van der Waals surface area contributed by atoms with Crippen molar-refractivity contribution in [2.24, 2.45) is 0 Å². The molecule has 0 aromatic heterocycles. The fraction of sp³-hybridized carbons (Fsp3) is 0.400. The van der Waals surface area contributed by atoms with Gasteiger partial charge in [-0.25, -0.2) is 0 Å². The van der Waals surface area contributed by atoms with Crippen molar-refractivity contribution in [1.29, 1.82) is 0 Å². The Labute approximate surface area is 129 Å². The van der Waals surface area contributed by atoms with Gasteiger partial charge in [-0.1, -0.05) is 57.2 Å². The van der Waals surface area contributed by atoms with Gasteiger partial charge in [-0.15, -0.1) is 0 Å². The highest BCUT2D eigenvalue weighted by Gasteiger charge is 2.08. The maximum atomic E-state index is 2.36. The molecule has 2 aromatic carbocycles. The fourth-order valence-electron chi connectivity index (χ4n) is 2.65. The van der Waals surface area contributed by atoms with E-state index < -0.39 is 0 Å². The van der Waals surface area contributed by atoms with E-state index in [0.29, 0.717) is 11.8 Å². The van der Waals surface area contributed by atoms with Crippen LogP contribution >= 0.6 is 0 Å². The Bertz CT molecular complexity index is 567. The average Bonchev–Trinajstić information content (AvgIpc) is 2.47. The molecule has 0 aliphatic heterocycles. The van der Waals surface area contributed by atoms with Crippen LogP contribution in [0.25, 0.3) is 0 Å². The molecule has 112 valence electrons. The summed E-state index contributed by atoms with van der Waals surface area (Å²) in [6, 6.07) is 17.9. The summed E-state index contributed by atoms with van der Waals surface area (Å²) in [5.74, 6) is 1.14. The van der Waals surface area contributed by atoms with E-state index in [-0.39, 0.29) is 0 Å². The fourth-order valence-corrected chi connectivity index (χ4v) is 2.65. The van der Waals surface area contributed by atoms with Crippen LogP contribution < -0.4 is 4.90 Å². The summed E-state index contributed by atoms with van der Waals surface area (Å²) < 4.78 is 0. The van der Waals surface area contributed by atoms with Gasteiger partial charge in [0.15, 0.2) is 0 Å². The molecule has 0 saturated carbocycles. The summed E-state index contributed by atoms with van der Waals surface area (Å²) in [7, 11) is 4.16. The first-order valence-electron chi connectivity index (χ1n) is 7.83. The Hall–Kier alpha value is -1.76. The van der Waals surface area contributed by atoms with E-state index >= 15 is 0 Å². The summed E-state index contributed by atoms with van der Waals surface area (Å²) in [4.78, 5) is 2.14. The standard InChI is InChI=1S/C20H27N/c1-15(2)19-8-6-7-17(14-19)13-16(3)18-9-11-20(12-10-18)21(4)5/h6-12,14-16H,13H2,1-5H3. The lowest BCUT2D eigenvalue weighted by atomic mass is 9.91. The van der Waals surface area contributed by atoms with Crippen molar-refractivity contribution in [3.05, 3.63) is 65.2 Å². The summed E-state index contributed by atoms with van der Waals surface area (Å²) in [6.45, 7) is 6.82. The van der Waals surface area contributed by atoms with Crippen LogP contribution in [-0.4, -0.2) is 14.1 Å². The predicted octanol–water partition coefficient (Wildman–Crippen LogP) is 5.22. The zero-order valence-corrected chi connectivity index (χ0v) is 13.9. The first kappa shape index (κ1) is 15.6. The summed E-state index contributed by atoms with van der Waals surface area (Å²) in [5, 5.41) is 0. The van der Waals surface area contributed by atoms with Gasteiger partial charge < -0.3 is 4.90 Å². The molecule has 0 aliphatic carbocycles. The van der Waals surface area contributed by atoms with Crippen molar-refractivity contribution in [2.75, 3.05) is 19.0 Å². The van der Waals surface area contributed by atoms with Gasteiger partial charge in [0.1, 0.15) is 0 Å². The maximum Gasteiger partial charge on any atom is 0.0361 e. The minimum absolute atomic E-state index is 0.545. The number of nitrogens with zero attached hydrogens (tertiary/aromatic N) is 1. The van der Waals surface area contributed by atoms with E-state index in [0.717, 1.165) is 6.42 Å². The molecule has 0 N–H and O–H groups in total. The molecule has 1 heteroatoms. The monoisotopic (exact) mass is 281 g/mol. The maximum absolute atomic E-state index is 2.36. The van der Waals surface area contributed by atoms with Crippen LogP contribution in [-0.2, 0) is 6.42 Å². The molecule has 0 fully saturated rings. The van der Waals surface area contributed by atoms with Gasteiger partial charge in [0.05, 0.1) is 0 Å². The van der Waals surface area contributed by atoms with Gasteiger partial charge in [0.2, 0.25) is 0 Å². The second-order valence-corrected chi connectivity index (χ2v) is 6.49. The van der Waals surface area contributed by atoms with Gasteiger partial charge in [-0.2, -0.15) is 0 Å². The van der Waals surface area contributed by atoms with Crippen molar-refractivity contribution in [3.63, 3.8) is 0 Å². The molecule has 0 heterocycles. The largest absolute Gasteiger partial charge is 0.378 e. The van der Waals surface area contributed by atoms with E-state index in [1.165, 1.54) is 22.4 Å². The van der Waals surface area contributed by atoms with E-state index in [1.807, 2.05) is 0 Å². The van der Waals surface area contributed by atoms with Crippen LogP contribution in [0.3, 0.4) is 0 Å². The third kappa shape index (κ3) is 4.10. The lowest BCUT2D eigenvalue weighted by molar-refractivity contribution is 0.755. The van der Waals surface area contributed by atoms with Crippen LogP contribution in [0, 0.1) is 0 Å². The predicted molar refractivity (Wildman–Crippen MR) is 93.4 cm³/mol. The zero-order valence-electron chi connectivity index (χ0n) is 13.9. The van der Waals surface area contributed by atoms with Crippen molar-refractivity contribution in [2.45, 2.75) is 39.0 Å². The molecule has 1 atom stereocenters. The Balaban J connectivity index is 2.10. The molecular formula is C20H27N. The minimum atomic E-state index is 0.545. The number of rotatable bonds is 5. The average molecular weight is 281 g/mol. The molecule has 0 radical (unpaired) electrons. The third-order valence-electron chi connectivity index (χ3n) is 4.14. The molecule has 1 unspecified atom stereocenters. The minimum Gasteiger partial charge on any atom is -0.378 e. The van der Waals surface area contributed by atoms with E-state index in [4.69, 9.17) is 0 Å². The Morgan fingerprint density at radius 3 is 2.10 bits per heavy atom. The van der Waals surface area contributed by atoms with Gasteiger partial charge >= 0.3 is 0 Å². The van der Waals surface area contributed by atoms with Gasteiger partial charge in [0.25, 0.3) is 0 Å². The second-order valence-electron chi connectivity index (χ2n) is 6.49. The van der Waals surface area contributed by atoms with Crippen molar-refractivity contribution < 1.29 is 0 Å². The highest BCUT2D eigenvalue weighted by Crippen LogP contribution is 2.24. The quantitative estimate of drug-likeness (QED) is 0.726. The first-order chi connectivity index (χ1) is 9.97. The van der Waals surface area contributed by atoms with Crippen LogP contribution in [0.4, 0.5) is 5.69 Å². The van der Waals surface area contributed by atoms with Crippen molar-refractivity contribution in [1.82, 2.24) is 0 Å². The van der Waals surface area contributed by atoms with Crippen LogP contribution in [0.5, 0.6) is 0 Å². The smallest absolute Gasteiger partial charge is 0.0361 e. The third-order valence-corrected chi connectivity index (χ3v) is 4.14. The van der Waals surface area contributed by atoms with Crippen molar-refractivity contribution >= 4 is 5.69 Å². The lowest BCUT2D eigenvalue weighted by Gasteiger charge is -2.16. The normalized spacial score (nSPS) is 12.5. The number of hydrogen-bond acceptors (Lipinski definition) is 1. The molecule has 2 rings (SSSR count). The van der Waals surface area contributed by atoms with Gasteiger partial charge in [-0.05, 0) is 47.1 Å². The molecule has 21 heavy (non-hydrogen) atoms. The first-order valence-corrected chi connectivity index (χ1v) is 7.83. The summed E-state index contributed by atoms with van der Waals surface area (Å²) in [6.07, 6.45) is 1.10. The molecular weight excluding hydrogens is 254 g/mol. The molecule has 0 bridgehead atoms. The van der Waals surface area contributed by atoms with E-state index in [2.05, 4.69) is 88.3 Å². The lowest BCUT2D eigenvalue weighted by Crippen LogP contribution is -2.08. The van der Waals surface area contributed by atoms with Crippen molar-refractivity contribution in [3.8, 4) is 0 Å². The molecule has 2 aromatic rings. The topological polar surface area (TPSA) is 3.24 Å². The molecule has 0 saturated heterocycles. The SMILES string of the molecule is CC(C)c1cccc(CC(C)c2ccc(N(C)C)cc2)c1. The Morgan fingerprint density at radius 2 is 1.52 bits per heavy atom. The molecule has 1 nitrogen and oxygen atoms in total. The number of anilines is 1. The Kier molecular flexibility index (Phi) is 5.06. The van der Waals surface area contributed by atoms with Gasteiger partial charge in [0, 0.05) is 19.8 Å². The van der Waals surface area contributed by atoms with Crippen LogP contribution in [0.15, 0.2) is 48.5 Å². The molecule has 0 amide bonds. The van der Waals surface area contributed by atoms with Gasteiger partial charge in [-0.3, -0.25) is 0 Å². The van der Waals surface area contributed by atoms with Crippen LogP contribution in [0.1, 0.15) is 49.3 Å². The summed E-state index contributed by atoms with van der Waals surface area (Å²) in [5.41, 5.74) is 5.54. The van der Waals surface area contributed by atoms with E-state index in [1.54, 1.807) is 0 Å². The second kappa shape index (κ2) is 6.80. The number of hydrogen-bond donors (Lipinski definition) is 0. The highest BCUT2D eigenvalue weighted by atomic mass is 15.1. The highest BCUT2D eigenvalue weighted by molar-refractivity contribution is 5.46. The number of benzene rings is 2. The van der Waals surface area contributed by atoms with Crippen LogP contribution in [0.2, 0.25) is 0 Å². The molecule has 0 aliphatic rings. The Morgan fingerprint density at radius 1 is 0.857 bits per heavy atom.